The lowest BCUT2D eigenvalue weighted by Gasteiger charge is -2.21. The maximum atomic E-state index is 12.6. The van der Waals surface area contributed by atoms with Gasteiger partial charge in [-0.05, 0) is 43.7 Å². The molecule has 0 radical (unpaired) electrons. The normalized spacial score (nSPS) is 22.2. The first kappa shape index (κ1) is 9.99. The first-order valence-corrected chi connectivity index (χ1v) is 5.85. The van der Waals surface area contributed by atoms with Crippen LogP contribution in [0.4, 0.5) is 4.39 Å². The van der Waals surface area contributed by atoms with Gasteiger partial charge >= 0.3 is 0 Å². The molecule has 1 aliphatic heterocycles. The van der Waals surface area contributed by atoms with Crippen LogP contribution in [-0.4, -0.2) is 18.3 Å². The molecule has 1 heterocycles. The van der Waals surface area contributed by atoms with E-state index >= 15 is 0 Å². The van der Waals surface area contributed by atoms with Crippen LogP contribution in [0.2, 0.25) is 0 Å². The molecule has 1 atom stereocenters. The second kappa shape index (κ2) is 4.80. The lowest BCUT2D eigenvalue weighted by molar-refractivity contribution is 0.531. The maximum absolute atomic E-state index is 12.6. The molecule has 3 heteroatoms. The van der Waals surface area contributed by atoms with E-state index in [-0.39, 0.29) is 5.82 Å². The van der Waals surface area contributed by atoms with Gasteiger partial charge in [0, 0.05) is 16.7 Å². The third-order valence-corrected chi connectivity index (χ3v) is 3.65. The number of rotatable bonds is 2. The van der Waals surface area contributed by atoms with E-state index in [2.05, 4.69) is 5.32 Å². The lowest BCUT2D eigenvalue weighted by Crippen LogP contribution is -2.31. The van der Waals surface area contributed by atoms with E-state index in [9.17, 15) is 4.39 Å². The number of piperidine rings is 1. The molecule has 0 amide bonds. The molecule has 1 N–H and O–H groups in total. The fourth-order valence-electron chi connectivity index (χ4n) is 1.63. The summed E-state index contributed by atoms with van der Waals surface area (Å²) >= 11 is 1.84. The van der Waals surface area contributed by atoms with E-state index < -0.39 is 0 Å². The van der Waals surface area contributed by atoms with Crippen molar-refractivity contribution in [3.63, 3.8) is 0 Å². The van der Waals surface area contributed by atoms with Gasteiger partial charge in [-0.3, -0.25) is 0 Å². The molecule has 2 rings (SSSR count). The van der Waals surface area contributed by atoms with E-state index in [4.69, 9.17) is 0 Å². The van der Waals surface area contributed by atoms with Gasteiger partial charge in [0.05, 0.1) is 0 Å². The van der Waals surface area contributed by atoms with Crippen LogP contribution in [0.15, 0.2) is 29.2 Å². The highest BCUT2D eigenvalue weighted by Crippen LogP contribution is 2.27. The van der Waals surface area contributed by atoms with Crippen molar-refractivity contribution >= 4 is 11.8 Å². The number of hydrogen-bond donors (Lipinski definition) is 1. The average Bonchev–Trinajstić information content (AvgIpc) is 2.23. The van der Waals surface area contributed by atoms with Crippen molar-refractivity contribution < 1.29 is 4.39 Å². The predicted octanol–water partition coefficient (Wildman–Crippen LogP) is 2.67. The predicted molar refractivity (Wildman–Crippen MR) is 58.1 cm³/mol. The Labute approximate surface area is 88.1 Å². The van der Waals surface area contributed by atoms with Crippen molar-refractivity contribution in [2.45, 2.75) is 23.0 Å². The smallest absolute Gasteiger partial charge is 0.123 e. The van der Waals surface area contributed by atoms with Crippen LogP contribution in [0.3, 0.4) is 0 Å². The number of thioether (sulfide) groups is 1. The number of hydrogen-bond acceptors (Lipinski definition) is 2. The molecule has 1 saturated heterocycles. The van der Waals surface area contributed by atoms with Crippen LogP contribution >= 0.6 is 11.8 Å². The zero-order valence-corrected chi connectivity index (χ0v) is 8.82. The van der Waals surface area contributed by atoms with Crippen LogP contribution in [0.1, 0.15) is 12.8 Å². The van der Waals surface area contributed by atoms with Crippen molar-refractivity contribution in [2.24, 2.45) is 0 Å². The molecule has 0 aliphatic carbocycles. The molecule has 0 spiro atoms. The molecule has 0 bridgehead atoms. The number of halogens is 1. The average molecular weight is 211 g/mol. The van der Waals surface area contributed by atoms with Gasteiger partial charge in [0.1, 0.15) is 5.82 Å². The van der Waals surface area contributed by atoms with Gasteiger partial charge in [-0.2, -0.15) is 0 Å². The SMILES string of the molecule is Fc1ccc(S[C@@H]2CCCNC2)cc1. The summed E-state index contributed by atoms with van der Waals surface area (Å²) in [5, 5.41) is 4.02. The zero-order chi connectivity index (χ0) is 9.80. The summed E-state index contributed by atoms with van der Waals surface area (Å²) in [6.45, 7) is 2.21. The number of benzene rings is 1. The van der Waals surface area contributed by atoms with Gasteiger partial charge in [-0.15, -0.1) is 11.8 Å². The summed E-state index contributed by atoms with van der Waals surface area (Å²) in [6.07, 6.45) is 2.51. The Bertz CT molecular complexity index is 280. The monoisotopic (exact) mass is 211 g/mol. The van der Waals surface area contributed by atoms with Crippen LogP contribution in [-0.2, 0) is 0 Å². The summed E-state index contributed by atoms with van der Waals surface area (Å²) in [5.41, 5.74) is 0. The second-order valence-electron chi connectivity index (χ2n) is 3.54. The lowest BCUT2D eigenvalue weighted by atomic mass is 10.2. The fourth-order valence-corrected chi connectivity index (χ4v) is 2.79. The highest BCUT2D eigenvalue weighted by atomic mass is 32.2. The molecule has 1 nitrogen and oxygen atoms in total. The van der Waals surface area contributed by atoms with Crippen LogP contribution in [0, 0.1) is 5.82 Å². The van der Waals surface area contributed by atoms with Crippen molar-refractivity contribution in [1.29, 1.82) is 0 Å². The zero-order valence-electron chi connectivity index (χ0n) is 8.00. The standard InChI is InChI=1S/C11H14FNS/c12-9-3-5-10(6-4-9)14-11-2-1-7-13-8-11/h3-6,11,13H,1-2,7-8H2/t11-/m1/s1. The van der Waals surface area contributed by atoms with Crippen molar-refractivity contribution in [2.75, 3.05) is 13.1 Å². The third-order valence-electron chi connectivity index (χ3n) is 2.37. The van der Waals surface area contributed by atoms with E-state index in [1.54, 1.807) is 0 Å². The van der Waals surface area contributed by atoms with E-state index in [1.807, 2.05) is 23.9 Å². The second-order valence-corrected chi connectivity index (χ2v) is 4.91. The Morgan fingerprint density at radius 2 is 2.07 bits per heavy atom. The van der Waals surface area contributed by atoms with Gasteiger partial charge in [0.15, 0.2) is 0 Å². The molecule has 1 aromatic carbocycles. The van der Waals surface area contributed by atoms with Crippen molar-refractivity contribution in [1.82, 2.24) is 5.32 Å². The van der Waals surface area contributed by atoms with Gasteiger partial charge < -0.3 is 5.32 Å². The van der Waals surface area contributed by atoms with Crippen LogP contribution < -0.4 is 5.32 Å². The van der Waals surface area contributed by atoms with Gasteiger partial charge in [-0.25, -0.2) is 4.39 Å². The first-order valence-electron chi connectivity index (χ1n) is 4.97. The molecule has 76 valence electrons. The Morgan fingerprint density at radius 1 is 1.29 bits per heavy atom. The summed E-state index contributed by atoms with van der Waals surface area (Å²) in [4.78, 5) is 1.17. The molecule has 0 unspecified atom stereocenters. The topological polar surface area (TPSA) is 12.0 Å². The van der Waals surface area contributed by atoms with Crippen molar-refractivity contribution in [3.05, 3.63) is 30.1 Å². The summed E-state index contributed by atoms with van der Waals surface area (Å²) in [5.74, 6) is -0.156. The Balaban J connectivity index is 1.92. The van der Waals surface area contributed by atoms with E-state index in [0.717, 1.165) is 13.1 Å². The molecule has 1 fully saturated rings. The first-order chi connectivity index (χ1) is 6.84. The maximum Gasteiger partial charge on any atom is 0.123 e. The highest BCUT2D eigenvalue weighted by molar-refractivity contribution is 8.00. The van der Waals surface area contributed by atoms with Gasteiger partial charge in [0.25, 0.3) is 0 Å². The van der Waals surface area contributed by atoms with Crippen molar-refractivity contribution in [3.8, 4) is 0 Å². The summed E-state index contributed by atoms with van der Waals surface area (Å²) < 4.78 is 12.6. The fraction of sp³-hybridized carbons (Fsp3) is 0.455. The Hall–Kier alpha value is -0.540. The minimum Gasteiger partial charge on any atom is -0.316 e. The molecule has 0 aromatic heterocycles. The quantitative estimate of drug-likeness (QED) is 0.807. The minimum atomic E-state index is -0.156. The molecule has 0 saturated carbocycles. The summed E-state index contributed by atoms with van der Waals surface area (Å²) in [6, 6.07) is 6.76. The largest absolute Gasteiger partial charge is 0.316 e. The van der Waals surface area contributed by atoms with Crippen LogP contribution in [0.5, 0.6) is 0 Å². The highest BCUT2D eigenvalue weighted by Gasteiger charge is 2.13. The van der Waals surface area contributed by atoms with E-state index in [1.165, 1.54) is 29.9 Å². The summed E-state index contributed by atoms with van der Waals surface area (Å²) in [7, 11) is 0. The van der Waals surface area contributed by atoms with Gasteiger partial charge in [-0.1, -0.05) is 0 Å². The Kier molecular flexibility index (Phi) is 3.43. The van der Waals surface area contributed by atoms with Gasteiger partial charge in [0.2, 0.25) is 0 Å². The van der Waals surface area contributed by atoms with E-state index in [0.29, 0.717) is 5.25 Å². The molecule has 1 aromatic rings. The minimum absolute atomic E-state index is 0.156. The molecular weight excluding hydrogens is 197 g/mol. The molecular formula is C11H14FNS. The molecule has 14 heavy (non-hydrogen) atoms. The third kappa shape index (κ3) is 2.72. The van der Waals surface area contributed by atoms with Crippen LogP contribution in [0.25, 0.3) is 0 Å². The molecule has 1 aliphatic rings. The Morgan fingerprint density at radius 3 is 2.71 bits per heavy atom. The number of nitrogens with one attached hydrogen (secondary N) is 1.